The highest BCUT2D eigenvalue weighted by atomic mass is 16.1. The lowest BCUT2D eigenvalue weighted by Crippen LogP contribution is -2.46. The van der Waals surface area contributed by atoms with Gasteiger partial charge in [0.1, 0.15) is 0 Å². The third-order valence-electron chi connectivity index (χ3n) is 4.03. The molecule has 0 bridgehead atoms. The first-order valence-electron chi connectivity index (χ1n) is 6.56. The van der Waals surface area contributed by atoms with Crippen molar-refractivity contribution in [1.82, 2.24) is 0 Å². The summed E-state index contributed by atoms with van der Waals surface area (Å²) < 4.78 is 0. The van der Waals surface area contributed by atoms with E-state index in [0.717, 1.165) is 10.9 Å². The first kappa shape index (κ1) is 13.6. The van der Waals surface area contributed by atoms with Crippen LogP contribution >= 0.6 is 0 Å². The summed E-state index contributed by atoms with van der Waals surface area (Å²) in [6.07, 6.45) is 2.22. The zero-order valence-corrected chi connectivity index (χ0v) is 11.9. The Morgan fingerprint density at radius 3 is 1.58 bits per heavy atom. The van der Waals surface area contributed by atoms with Gasteiger partial charge in [0.2, 0.25) is 0 Å². The first-order chi connectivity index (χ1) is 9.06. The minimum atomic E-state index is -0.292. The van der Waals surface area contributed by atoms with Crippen molar-refractivity contribution in [3.63, 3.8) is 0 Å². The largest absolute Gasteiger partial charge is 0.303 e. The summed E-state index contributed by atoms with van der Waals surface area (Å²) in [5.74, 6) is 0. The van der Waals surface area contributed by atoms with E-state index < -0.39 is 0 Å². The van der Waals surface area contributed by atoms with Gasteiger partial charge in [-0.2, -0.15) is 0 Å². The maximum absolute atomic E-state index is 11.5. The predicted octanol–water partition coefficient (Wildman–Crippen LogP) is 2.18. The molecule has 1 nitrogen and oxygen atoms in total. The van der Waals surface area contributed by atoms with E-state index in [0.29, 0.717) is 0 Å². The lowest BCUT2D eigenvalue weighted by Gasteiger charge is -2.15. The van der Waals surface area contributed by atoms with Gasteiger partial charge in [-0.05, 0) is 38.8 Å². The number of aryl methyl sites for hydroxylation is 2. The standard InChI is InChI=1S/C17H18BO/c1-12-7-5-9-16(14(12)3)18(11-19)17-10-6-8-13(2)15(17)4/h5-10H,1-4H3. The molecule has 19 heavy (non-hydrogen) atoms. The van der Waals surface area contributed by atoms with Gasteiger partial charge in [0.25, 0.3) is 6.71 Å². The van der Waals surface area contributed by atoms with Crippen LogP contribution in [0.25, 0.3) is 0 Å². The molecular formula is C17H18BO. The third-order valence-corrected chi connectivity index (χ3v) is 4.03. The minimum Gasteiger partial charge on any atom is -0.303 e. The molecule has 0 unspecified atom stereocenters. The molecule has 0 N–H and O–H groups in total. The van der Waals surface area contributed by atoms with Gasteiger partial charge < -0.3 is 4.79 Å². The molecule has 95 valence electrons. The Balaban J connectivity index is 2.60. The number of benzene rings is 2. The number of hydrogen-bond acceptors (Lipinski definition) is 1. The van der Waals surface area contributed by atoms with E-state index >= 15 is 0 Å². The van der Waals surface area contributed by atoms with Crippen LogP contribution in [-0.4, -0.2) is 12.9 Å². The van der Waals surface area contributed by atoms with Gasteiger partial charge in [-0.15, -0.1) is 0 Å². The third kappa shape index (κ3) is 2.48. The van der Waals surface area contributed by atoms with Crippen molar-refractivity contribution in [2.24, 2.45) is 0 Å². The van der Waals surface area contributed by atoms with Crippen molar-refractivity contribution in [3.05, 3.63) is 58.7 Å². The molecule has 0 fully saturated rings. The van der Waals surface area contributed by atoms with Crippen LogP contribution in [-0.2, 0) is 4.79 Å². The fraction of sp³-hybridized carbons (Fsp3) is 0.235. The Kier molecular flexibility index (Phi) is 3.89. The van der Waals surface area contributed by atoms with Crippen LogP contribution in [0, 0.1) is 27.7 Å². The van der Waals surface area contributed by atoms with E-state index in [1.165, 1.54) is 22.3 Å². The van der Waals surface area contributed by atoms with E-state index in [4.69, 9.17) is 0 Å². The second kappa shape index (κ2) is 5.44. The maximum Gasteiger partial charge on any atom is 0.298 e. The van der Waals surface area contributed by atoms with Gasteiger partial charge >= 0.3 is 0 Å². The first-order valence-corrected chi connectivity index (χ1v) is 6.56. The molecule has 0 aliphatic rings. The van der Waals surface area contributed by atoms with Crippen molar-refractivity contribution in [2.45, 2.75) is 27.7 Å². The Morgan fingerprint density at radius 1 is 0.789 bits per heavy atom. The van der Waals surface area contributed by atoms with E-state index in [1.54, 1.807) is 0 Å². The lowest BCUT2D eigenvalue weighted by atomic mass is 9.40. The van der Waals surface area contributed by atoms with Gasteiger partial charge in [-0.1, -0.05) is 58.5 Å². The van der Waals surface area contributed by atoms with E-state index in [1.807, 2.05) is 24.3 Å². The summed E-state index contributed by atoms with van der Waals surface area (Å²) in [6.45, 7) is 7.99. The van der Waals surface area contributed by atoms with Crippen molar-refractivity contribution >= 4 is 23.8 Å². The van der Waals surface area contributed by atoms with Gasteiger partial charge in [-0.3, -0.25) is 0 Å². The number of rotatable bonds is 3. The molecule has 2 rings (SSSR count). The molecular weight excluding hydrogens is 231 g/mol. The van der Waals surface area contributed by atoms with E-state index in [-0.39, 0.29) is 6.71 Å². The second-order valence-electron chi connectivity index (χ2n) is 5.13. The van der Waals surface area contributed by atoms with Crippen LogP contribution < -0.4 is 10.9 Å². The molecule has 2 aromatic rings. The Bertz CT molecular complexity index is 565. The van der Waals surface area contributed by atoms with Crippen molar-refractivity contribution < 1.29 is 4.79 Å². The predicted molar refractivity (Wildman–Crippen MR) is 82.5 cm³/mol. The van der Waals surface area contributed by atoms with Crippen LogP contribution in [0.1, 0.15) is 22.3 Å². The molecule has 0 saturated carbocycles. The Labute approximate surface area is 115 Å². The Morgan fingerprint density at radius 2 is 1.21 bits per heavy atom. The summed E-state index contributed by atoms with van der Waals surface area (Å²) >= 11 is 0. The number of carbonyl (C=O) groups excluding carboxylic acids is 1. The summed E-state index contributed by atoms with van der Waals surface area (Å²) in [5.41, 5.74) is 6.90. The zero-order valence-electron chi connectivity index (χ0n) is 11.9. The van der Waals surface area contributed by atoms with Crippen LogP contribution in [0.3, 0.4) is 0 Å². The van der Waals surface area contributed by atoms with Crippen LogP contribution in [0.5, 0.6) is 0 Å². The highest BCUT2D eigenvalue weighted by molar-refractivity contribution is 7.04. The molecule has 0 aliphatic carbocycles. The maximum atomic E-state index is 11.5. The normalized spacial score (nSPS) is 10.3. The number of hydrogen-bond donors (Lipinski definition) is 0. The zero-order chi connectivity index (χ0) is 14.0. The van der Waals surface area contributed by atoms with Gasteiger partial charge in [0.15, 0.2) is 6.19 Å². The van der Waals surface area contributed by atoms with E-state index in [9.17, 15) is 4.79 Å². The fourth-order valence-corrected chi connectivity index (χ4v) is 2.47. The fourth-order valence-electron chi connectivity index (χ4n) is 2.47. The highest BCUT2D eigenvalue weighted by Gasteiger charge is 2.24. The molecule has 1 radical (unpaired) electrons. The summed E-state index contributed by atoms with van der Waals surface area (Å²) in [4.78, 5) is 11.5. The monoisotopic (exact) mass is 249 g/mol. The average Bonchev–Trinajstić information content (AvgIpc) is 2.40. The van der Waals surface area contributed by atoms with Crippen molar-refractivity contribution in [2.75, 3.05) is 0 Å². The molecule has 2 aromatic carbocycles. The topological polar surface area (TPSA) is 17.1 Å². The molecule has 0 aliphatic heterocycles. The smallest absolute Gasteiger partial charge is 0.298 e. The van der Waals surface area contributed by atoms with Crippen LogP contribution in [0.2, 0.25) is 0 Å². The quantitative estimate of drug-likeness (QED) is 0.762. The minimum absolute atomic E-state index is 0.292. The second-order valence-corrected chi connectivity index (χ2v) is 5.13. The molecule has 0 atom stereocenters. The summed E-state index contributed by atoms with van der Waals surface area (Å²) in [7, 11) is 0. The van der Waals surface area contributed by atoms with Gasteiger partial charge in [0, 0.05) is 0 Å². The molecule has 0 heterocycles. The Hall–Kier alpha value is -1.83. The lowest BCUT2D eigenvalue weighted by molar-refractivity contribution is 0.568. The molecule has 0 amide bonds. The van der Waals surface area contributed by atoms with Gasteiger partial charge in [-0.25, -0.2) is 0 Å². The van der Waals surface area contributed by atoms with Crippen molar-refractivity contribution in [3.8, 4) is 0 Å². The SMILES string of the molecule is Cc1cccc(B([C]=O)c2cccc(C)c2C)c1C. The summed E-state index contributed by atoms with van der Waals surface area (Å²) in [5, 5.41) is 0. The molecule has 2 heteroatoms. The van der Waals surface area contributed by atoms with Crippen molar-refractivity contribution in [1.29, 1.82) is 0 Å². The molecule has 0 spiro atoms. The average molecular weight is 249 g/mol. The summed E-state index contributed by atoms with van der Waals surface area (Å²) in [6, 6.07) is 12.2. The highest BCUT2D eigenvalue weighted by Crippen LogP contribution is 2.07. The van der Waals surface area contributed by atoms with E-state index in [2.05, 4.69) is 46.0 Å². The van der Waals surface area contributed by atoms with Crippen LogP contribution in [0.15, 0.2) is 36.4 Å². The van der Waals surface area contributed by atoms with Gasteiger partial charge in [0.05, 0.1) is 0 Å². The van der Waals surface area contributed by atoms with Crippen LogP contribution in [0.4, 0.5) is 0 Å². The molecule has 0 aromatic heterocycles. The molecule has 0 saturated heterocycles.